The van der Waals surface area contributed by atoms with E-state index in [1.54, 1.807) is 23.3 Å². The molecular weight excluding hydrogens is 346 g/mol. The van der Waals surface area contributed by atoms with Crippen LogP contribution in [0.3, 0.4) is 0 Å². The van der Waals surface area contributed by atoms with Gasteiger partial charge in [0.15, 0.2) is 5.82 Å². The lowest BCUT2D eigenvalue weighted by atomic mass is 10.0. The van der Waals surface area contributed by atoms with Crippen LogP contribution in [0.4, 0.5) is 5.69 Å². The number of anilines is 1. The SMILES string of the molecule is Cn1c(-c2cncs2)nc2ccc(N3CCN4CCC3CC4)cc2c1=O. The first-order valence-electron chi connectivity index (χ1n) is 9.09. The van der Waals surface area contributed by atoms with Gasteiger partial charge in [-0.05, 0) is 31.0 Å². The van der Waals surface area contributed by atoms with Crippen molar-refractivity contribution < 1.29 is 0 Å². The van der Waals surface area contributed by atoms with Crippen molar-refractivity contribution >= 4 is 27.9 Å². The number of thiazole rings is 1. The summed E-state index contributed by atoms with van der Waals surface area (Å²) in [4.78, 5) is 27.8. The third-order valence-corrected chi connectivity index (χ3v) is 6.47. The van der Waals surface area contributed by atoms with Crippen LogP contribution in [0.5, 0.6) is 0 Å². The molecule has 7 heteroatoms. The fourth-order valence-corrected chi connectivity index (χ4v) is 4.86. The van der Waals surface area contributed by atoms with Crippen LogP contribution in [0.2, 0.25) is 0 Å². The minimum Gasteiger partial charge on any atom is -0.367 e. The Balaban J connectivity index is 1.61. The lowest BCUT2D eigenvalue weighted by molar-refractivity contribution is 0.250. The molecule has 2 aromatic heterocycles. The molecule has 0 atom stereocenters. The minimum absolute atomic E-state index is 0.00289. The van der Waals surface area contributed by atoms with Crippen LogP contribution in [0, 0.1) is 0 Å². The molecule has 0 radical (unpaired) electrons. The summed E-state index contributed by atoms with van der Waals surface area (Å²) >= 11 is 1.50. The second-order valence-corrected chi connectivity index (χ2v) is 8.02. The van der Waals surface area contributed by atoms with Crippen molar-refractivity contribution in [2.75, 3.05) is 31.1 Å². The summed E-state index contributed by atoms with van der Waals surface area (Å²) in [7, 11) is 1.79. The number of rotatable bonds is 2. The largest absolute Gasteiger partial charge is 0.367 e. The van der Waals surface area contributed by atoms with Crippen LogP contribution in [0.25, 0.3) is 21.6 Å². The van der Waals surface area contributed by atoms with Crippen molar-refractivity contribution in [3.8, 4) is 10.7 Å². The lowest BCUT2D eigenvalue weighted by Gasteiger charge is -2.33. The summed E-state index contributed by atoms with van der Waals surface area (Å²) in [5.74, 6) is 0.680. The zero-order chi connectivity index (χ0) is 17.7. The van der Waals surface area contributed by atoms with E-state index in [4.69, 9.17) is 4.98 Å². The number of hydrogen-bond acceptors (Lipinski definition) is 6. The molecule has 26 heavy (non-hydrogen) atoms. The lowest BCUT2D eigenvalue weighted by Crippen LogP contribution is -2.38. The number of piperidine rings is 1. The Hall–Kier alpha value is -2.25. The van der Waals surface area contributed by atoms with Gasteiger partial charge in [0.25, 0.3) is 5.56 Å². The Morgan fingerprint density at radius 3 is 2.77 bits per heavy atom. The molecule has 0 aliphatic carbocycles. The van der Waals surface area contributed by atoms with Crippen molar-refractivity contribution in [2.45, 2.75) is 18.9 Å². The number of nitrogens with zero attached hydrogens (tertiary/aromatic N) is 5. The van der Waals surface area contributed by atoms with Gasteiger partial charge in [0, 0.05) is 51.2 Å². The highest BCUT2D eigenvalue weighted by atomic mass is 32.1. The third-order valence-electron chi connectivity index (χ3n) is 5.70. The standard InChI is InChI=1S/C19H21N5OS/c1-22-18(17-11-20-12-26-17)21-16-3-2-14(10-15(16)19(22)25)24-9-8-23-6-4-13(24)5-7-23/h2-3,10-13H,4-9H2,1H3. The number of hydrogen-bond donors (Lipinski definition) is 0. The second-order valence-electron chi connectivity index (χ2n) is 7.13. The van der Waals surface area contributed by atoms with Crippen LogP contribution >= 0.6 is 11.3 Å². The van der Waals surface area contributed by atoms with Crippen molar-refractivity contribution in [3.05, 3.63) is 40.3 Å². The summed E-state index contributed by atoms with van der Waals surface area (Å²) in [5.41, 5.74) is 3.67. The van der Waals surface area contributed by atoms with E-state index in [-0.39, 0.29) is 5.56 Å². The summed E-state index contributed by atoms with van der Waals surface area (Å²) in [6.07, 6.45) is 4.17. The molecule has 0 N–H and O–H groups in total. The molecule has 134 valence electrons. The van der Waals surface area contributed by atoms with Crippen LogP contribution in [-0.2, 0) is 7.05 Å². The van der Waals surface area contributed by atoms with Gasteiger partial charge >= 0.3 is 0 Å². The molecule has 3 aromatic rings. The Labute approximate surface area is 155 Å². The van der Waals surface area contributed by atoms with E-state index in [0.29, 0.717) is 17.3 Å². The molecule has 3 aliphatic heterocycles. The maximum absolute atomic E-state index is 13.0. The van der Waals surface area contributed by atoms with Gasteiger partial charge < -0.3 is 9.80 Å². The van der Waals surface area contributed by atoms with Gasteiger partial charge in [-0.2, -0.15) is 0 Å². The first-order valence-corrected chi connectivity index (χ1v) is 9.97. The maximum atomic E-state index is 13.0. The van der Waals surface area contributed by atoms with E-state index in [1.165, 1.54) is 37.3 Å². The maximum Gasteiger partial charge on any atom is 0.261 e. The highest BCUT2D eigenvalue weighted by Crippen LogP contribution is 2.29. The number of fused-ring (bicyclic) bond motifs is 5. The quantitative estimate of drug-likeness (QED) is 0.696. The predicted octanol–water partition coefficient (Wildman–Crippen LogP) is 2.34. The van der Waals surface area contributed by atoms with Gasteiger partial charge in [-0.3, -0.25) is 14.3 Å². The molecule has 0 amide bonds. The number of aromatic nitrogens is 3. The van der Waals surface area contributed by atoms with Gasteiger partial charge in [-0.25, -0.2) is 4.98 Å². The topological polar surface area (TPSA) is 54.3 Å². The first-order chi connectivity index (χ1) is 12.7. The number of benzene rings is 1. The Kier molecular flexibility index (Phi) is 3.79. The third kappa shape index (κ3) is 2.54. The van der Waals surface area contributed by atoms with Crippen molar-refractivity contribution in [1.29, 1.82) is 0 Å². The zero-order valence-electron chi connectivity index (χ0n) is 14.8. The Morgan fingerprint density at radius 1 is 1.15 bits per heavy atom. The Morgan fingerprint density at radius 2 is 2.00 bits per heavy atom. The molecule has 1 aromatic carbocycles. The monoisotopic (exact) mass is 367 g/mol. The molecule has 0 saturated carbocycles. The highest BCUT2D eigenvalue weighted by molar-refractivity contribution is 7.13. The van der Waals surface area contributed by atoms with Gasteiger partial charge in [0.2, 0.25) is 0 Å². The molecule has 3 aliphatic rings. The normalized spacial score (nSPS) is 22.7. The van der Waals surface area contributed by atoms with Gasteiger partial charge in [0.05, 0.1) is 21.3 Å². The van der Waals surface area contributed by atoms with Gasteiger partial charge in [-0.1, -0.05) is 0 Å². The summed E-state index contributed by atoms with van der Waals surface area (Å²) < 4.78 is 1.64. The van der Waals surface area contributed by atoms with Crippen molar-refractivity contribution in [2.24, 2.45) is 7.05 Å². The van der Waals surface area contributed by atoms with Crippen LogP contribution in [0.1, 0.15) is 12.8 Å². The van der Waals surface area contributed by atoms with Crippen molar-refractivity contribution in [3.63, 3.8) is 0 Å². The molecule has 6 rings (SSSR count). The molecule has 3 saturated heterocycles. The van der Waals surface area contributed by atoms with E-state index in [0.717, 1.165) is 29.2 Å². The van der Waals surface area contributed by atoms with Crippen LogP contribution in [-0.4, -0.2) is 51.7 Å². The highest BCUT2D eigenvalue weighted by Gasteiger charge is 2.29. The smallest absolute Gasteiger partial charge is 0.261 e. The molecule has 3 fully saturated rings. The fourth-order valence-electron chi connectivity index (χ4n) is 4.21. The van der Waals surface area contributed by atoms with Gasteiger partial charge in [-0.15, -0.1) is 11.3 Å². The Bertz CT molecular complexity index is 1000. The first kappa shape index (κ1) is 16.0. The zero-order valence-corrected chi connectivity index (χ0v) is 15.6. The van der Waals surface area contributed by atoms with E-state index >= 15 is 0 Å². The summed E-state index contributed by atoms with van der Waals surface area (Å²) in [6.45, 7) is 4.52. The van der Waals surface area contributed by atoms with E-state index in [2.05, 4.69) is 20.9 Å². The average molecular weight is 367 g/mol. The predicted molar refractivity (Wildman–Crippen MR) is 105 cm³/mol. The van der Waals surface area contributed by atoms with E-state index < -0.39 is 0 Å². The molecule has 6 nitrogen and oxygen atoms in total. The molecule has 5 heterocycles. The minimum atomic E-state index is 0.00289. The van der Waals surface area contributed by atoms with Crippen molar-refractivity contribution in [1.82, 2.24) is 19.4 Å². The average Bonchev–Trinajstić information content (AvgIpc) is 3.04. The van der Waals surface area contributed by atoms with E-state index in [9.17, 15) is 4.79 Å². The fraction of sp³-hybridized carbons (Fsp3) is 0.421. The second kappa shape index (κ2) is 6.17. The molecular formula is C19H21N5OS. The summed E-state index contributed by atoms with van der Waals surface area (Å²) in [5, 5.41) is 0.692. The molecule has 0 spiro atoms. The van der Waals surface area contributed by atoms with Gasteiger partial charge in [0.1, 0.15) is 0 Å². The molecule has 2 bridgehead atoms. The summed E-state index contributed by atoms with van der Waals surface area (Å²) in [6, 6.07) is 6.74. The van der Waals surface area contributed by atoms with Crippen LogP contribution < -0.4 is 10.5 Å². The van der Waals surface area contributed by atoms with E-state index in [1.807, 2.05) is 12.1 Å². The molecule has 0 unspecified atom stereocenters. The van der Waals surface area contributed by atoms with Crippen LogP contribution in [0.15, 0.2) is 34.7 Å².